The van der Waals surface area contributed by atoms with Gasteiger partial charge < -0.3 is 19.3 Å². The van der Waals surface area contributed by atoms with Crippen molar-refractivity contribution in [2.24, 2.45) is 0 Å². The first-order valence-corrected chi connectivity index (χ1v) is 13.4. The number of halogens is 6. The molecular weight excluding hydrogens is 576 g/mol. The lowest BCUT2D eigenvalue weighted by molar-refractivity contribution is -0.376. The number of benzene rings is 3. The van der Waals surface area contributed by atoms with Crippen LogP contribution in [0.5, 0.6) is 5.75 Å². The Morgan fingerprint density at radius 1 is 0.977 bits per heavy atom. The highest BCUT2D eigenvalue weighted by molar-refractivity contribution is 5.98. The molecule has 0 saturated heterocycles. The van der Waals surface area contributed by atoms with Crippen LogP contribution in [0.2, 0.25) is 0 Å². The maximum Gasteiger partial charge on any atom is 0.430 e. The van der Waals surface area contributed by atoms with Crippen LogP contribution in [0.15, 0.2) is 91.5 Å². The van der Waals surface area contributed by atoms with Crippen LogP contribution in [0.4, 0.5) is 32.0 Å². The summed E-state index contributed by atoms with van der Waals surface area (Å²) in [5, 5.41) is 10.0. The average molecular weight is 604 g/mol. The van der Waals surface area contributed by atoms with Gasteiger partial charge in [0.1, 0.15) is 11.9 Å². The summed E-state index contributed by atoms with van der Waals surface area (Å²) in [5.41, 5.74) is -4.74. The SMILES string of the molecule is CC(C(=O)N1CC(Oc2ccc(-n3ccnc3)cc2)CCc2cc(C(O)(C(F)(F)F)C(F)(F)F)ccc21)c1ccccc1. The number of hydrogen-bond acceptors (Lipinski definition) is 4. The van der Waals surface area contributed by atoms with Crippen molar-refractivity contribution in [2.45, 2.75) is 49.7 Å². The Hall–Kier alpha value is -4.32. The Morgan fingerprint density at radius 2 is 1.65 bits per heavy atom. The van der Waals surface area contributed by atoms with E-state index in [2.05, 4.69) is 4.98 Å². The van der Waals surface area contributed by atoms with Gasteiger partial charge in [0.2, 0.25) is 5.91 Å². The minimum absolute atomic E-state index is 0.00372. The molecule has 4 aromatic rings. The molecule has 0 bridgehead atoms. The van der Waals surface area contributed by atoms with E-state index in [4.69, 9.17) is 4.74 Å². The van der Waals surface area contributed by atoms with E-state index in [1.54, 1.807) is 84.8 Å². The van der Waals surface area contributed by atoms with Gasteiger partial charge in [-0.3, -0.25) is 4.79 Å². The quantitative estimate of drug-likeness (QED) is 0.249. The van der Waals surface area contributed by atoms with Crippen LogP contribution in [0, 0.1) is 0 Å². The molecule has 3 aromatic carbocycles. The van der Waals surface area contributed by atoms with Gasteiger partial charge in [-0.05, 0) is 61.2 Å². The number of ether oxygens (including phenoxy) is 1. The van der Waals surface area contributed by atoms with Crippen LogP contribution in [0.25, 0.3) is 5.69 Å². The van der Waals surface area contributed by atoms with Crippen LogP contribution >= 0.6 is 0 Å². The smallest absolute Gasteiger partial charge is 0.430 e. The number of alkyl halides is 6. The molecule has 1 amide bonds. The molecule has 2 atom stereocenters. The highest BCUT2D eigenvalue weighted by Crippen LogP contribution is 2.51. The van der Waals surface area contributed by atoms with Crippen molar-refractivity contribution in [3.63, 3.8) is 0 Å². The topological polar surface area (TPSA) is 67.6 Å². The molecule has 226 valence electrons. The molecule has 6 nitrogen and oxygen atoms in total. The lowest BCUT2D eigenvalue weighted by atomic mass is 9.89. The highest BCUT2D eigenvalue weighted by Gasteiger charge is 2.71. The average Bonchev–Trinajstić information content (AvgIpc) is 3.46. The second-order valence-corrected chi connectivity index (χ2v) is 10.4. The van der Waals surface area contributed by atoms with Crippen LogP contribution in [-0.2, 0) is 16.8 Å². The van der Waals surface area contributed by atoms with Crippen LogP contribution in [0.3, 0.4) is 0 Å². The van der Waals surface area contributed by atoms with Crippen molar-refractivity contribution >= 4 is 11.6 Å². The summed E-state index contributed by atoms with van der Waals surface area (Å²) in [5.74, 6) is -0.621. The van der Waals surface area contributed by atoms with E-state index in [-0.39, 0.29) is 30.6 Å². The maximum atomic E-state index is 13.8. The van der Waals surface area contributed by atoms with Crippen molar-refractivity contribution in [1.29, 1.82) is 0 Å². The fraction of sp³-hybridized carbons (Fsp3) is 0.290. The summed E-state index contributed by atoms with van der Waals surface area (Å²) >= 11 is 0. The zero-order valence-corrected chi connectivity index (χ0v) is 22.8. The number of amides is 1. The lowest BCUT2D eigenvalue weighted by Crippen LogP contribution is -2.54. The van der Waals surface area contributed by atoms with Crippen molar-refractivity contribution in [3.05, 3.63) is 108 Å². The third-order valence-electron chi connectivity index (χ3n) is 7.61. The first kappa shape index (κ1) is 30.1. The van der Waals surface area contributed by atoms with Gasteiger partial charge in [0, 0.05) is 29.3 Å². The minimum atomic E-state index is -6.03. The first-order chi connectivity index (χ1) is 20.3. The Balaban J connectivity index is 1.50. The second kappa shape index (κ2) is 11.4. The van der Waals surface area contributed by atoms with Gasteiger partial charge in [-0.25, -0.2) is 4.98 Å². The maximum absolute atomic E-state index is 13.8. The van der Waals surface area contributed by atoms with E-state index in [0.717, 1.165) is 11.8 Å². The van der Waals surface area contributed by atoms with Crippen molar-refractivity contribution in [3.8, 4) is 11.4 Å². The number of aromatic nitrogens is 2. The van der Waals surface area contributed by atoms with Crippen molar-refractivity contribution < 1.29 is 41.0 Å². The number of aryl methyl sites for hydroxylation is 1. The number of imidazole rings is 1. The van der Waals surface area contributed by atoms with E-state index in [1.165, 1.54) is 4.90 Å². The van der Waals surface area contributed by atoms with Crippen LogP contribution in [-0.4, -0.2) is 45.6 Å². The zero-order chi connectivity index (χ0) is 31.0. The Labute approximate surface area is 243 Å². The molecule has 1 aliphatic rings. The number of rotatable bonds is 6. The molecule has 1 N–H and O–H groups in total. The number of anilines is 1. The second-order valence-electron chi connectivity index (χ2n) is 10.4. The number of carbonyl (C=O) groups excluding carboxylic acids is 1. The summed E-state index contributed by atoms with van der Waals surface area (Å²) in [6, 6.07) is 18.1. The molecule has 0 radical (unpaired) electrons. The van der Waals surface area contributed by atoms with Crippen molar-refractivity contribution in [2.75, 3.05) is 11.4 Å². The summed E-state index contributed by atoms with van der Waals surface area (Å²) in [6.45, 7) is 1.67. The molecule has 2 unspecified atom stereocenters. The van der Waals surface area contributed by atoms with E-state index in [0.29, 0.717) is 23.4 Å². The normalized spacial score (nSPS) is 16.7. The van der Waals surface area contributed by atoms with Gasteiger partial charge in [0.05, 0.1) is 18.8 Å². The van der Waals surface area contributed by atoms with Gasteiger partial charge in [0.25, 0.3) is 5.60 Å². The van der Waals surface area contributed by atoms with E-state index in [9.17, 15) is 36.2 Å². The molecular formula is C31H27F6N3O3. The first-order valence-electron chi connectivity index (χ1n) is 13.4. The third kappa shape index (κ3) is 5.83. The van der Waals surface area contributed by atoms with Crippen LogP contribution in [0.1, 0.15) is 36.0 Å². The van der Waals surface area contributed by atoms with E-state index < -0.39 is 41.4 Å². The van der Waals surface area contributed by atoms with Gasteiger partial charge in [-0.1, -0.05) is 42.5 Å². The molecule has 0 aliphatic carbocycles. The molecule has 5 rings (SSSR count). The summed E-state index contributed by atoms with van der Waals surface area (Å²) < 4.78 is 89.9. The molecule has 12 heteroatoms. The van der Waals surface area contributed by atoms with E-state index in [1.807, 2.05) is 0 Å². The predicted molar refractivity (Wildman–Crippen MR) is 146 cm³/mol. The van der Waals surface area contributed by atoms with Gasteiger partial charge in [0.15, 0.2) is 0 Å². The molecule has 0 spiro atoms. The molecule has 0 saturated carbocycles. The highest BCUT2D eigenvalue weighted by atomic mass is 19.4. The molecule has 1 aromatic heterocycles. The lowest BCUT2D eigenvalue weighted by Gasteiger charge is -2.34. The molecule has 0 fully saturated rings. The fourth-order valence-electron chi connectivity index (χ4n) is 5.20. The zero-order valence-electron chi connectivity index (χ0n) is 22.8. The minimum Gasteiger partial charge on any atom is -0.489 e. The molecule has 2 heterocycles. The molecule has 43 heavy (non-hydrogen) atoms. The fourth-order valence-corrected chi connectivity index (χ4v) is 5.20. The van der Waals surface area contributed by atoms with Crippen LogP contribution < -0.4 is 9.64 Å². The monoisotopic (exact) mass is 603 g/mol. The number of fused-ring (bicyclic) bond motifs is 1. The number of hydrogen-bond donors (Lipinski definition) is 1. The standard InChI is InChI=1S/C31H27F6N3O3/c1-20(21-5-3-2-4-6-21)28(41)40-18-26(43-25-12-9-24(10-13-25)39-16-15-38-19-39)11-7-22-17-23(8-14-27(22)40)29(42,30(32,33)34)31(35,36)37/h2-6,8-10,12-17,19-20,26,42H,7,11,18H2,1H3. The number of nitrogens with zero attached hydrogens (tertiary/aromatic N) is 3. The van der Waals surface area contributed by atoms with Gasteiger partial charge >= 0.3 is 12.4 Å². The largest absolute Gasteiger partial charge is 0.489 e. The van der Waals surface area contributed by atoms with Crippen molar-refractivity contribution in [1.82, 2.24) is 9.55 Å². The Kier molecular flexibility index (Phi) is 7.99. The number of carbonyl (C=O) groups is 1. The third-order valence-corrected chi connectivity index (χ3v) is 7.61. The van der Waals surface area contributed by atoms with E-state index >= 15 is 0 Å². The Morgan fingerprint density at radius 3 is 2.26 bits per heavy atom. The summed E-state index contributed by atoms with van der Waals surface area (Å²) in [4.78, 5) is 19.2. The van der Waals surface area contributed by atoms with Gasteiger partial charge in [-0.15, -0.1) is 0 Å². The predicted octanol–water partition coefficient (Wildman–Crippen LogP) is 6.72. The Bertz CT molecular complexity index is 1540. The number of aliphatic hydroxyl groups is 1. The van der Waals surface area contributed by atoms with Gasteiger partial charge in [-0.2, -0.15) is 26.3 Å². The molecule has 1 aliphatic heterocycles. The summed E-state index contributed by atoms with van der Waals surface area (Å²) in [6.07, 6.45) is -7.51. The summed E-state index contributed by atoms with van der Waals surface area (Å²) in [7, 11) is 0.